The van der Waals surface area contributed by atoms with Gasteiger partial charge in [0.05, 0.1) is 18.9 Å². The fourth-order valence-corrected chi connectivity index (χ4v) is 3.89. The van der Waals surface area contributed by atoms with E-state index in [4.69, 9.17) is 16.3 Å². The first-order valence-corrected chi connectivity index (χ1v) is 11.8. The number of nitrogens with one attached hydrogen (secondary N) is 2. The lowest BCUT2D eigenvalue weighted by Crippen LogP contribution is -2.35. The Bertz CT molecular complexity index is 1220. The Hall–Kier alpha value is -3.52. The number of hydrogen-bond acceptors (Lipinski definition) is 5. The molecule has 8 heteroatoms. The smallest absolute Gasteiger partial charge is 0.271 e. The van der Waals surface area contributed by atoms with Gasteiger partial charge < -0.3 is 10.1 Å². The van der Waals surface area contributed by atoms with E-state index in [9.17, 15) is 9.59 Å². The Morgan fingerprint density at radius 2 is 1.63 bits per heavy atom. The number of carbonyl (C=O) groups is 2. The molecule has 3 aromatic carbocycles. The van der Waals surface area contributed by atoms with Crippen LogP contribution in [0.4, 0.5) is 5.69 Å². The van der Waals surface area contributed by atoms with Crippen LogP contribution in [0.5, 0.6) is 0 Å². The molecule has 1 fully saturated rings. The Morgan fingerprint density at radius 3 is 2.37 bits per heavy atom. The minimum atomic E-state index is -0.285. The van der Waals surface area contributed by atoms with Gasteiger partial charge in [0, 0.05) is 41.5 Å². The number of nitrogens with zero attached hydrogens (tertiary/aromatic N) is 2. The van der Waals surface area contributed by atoms with Crippen LogP contribution in [0.25, 0.3) is 0 Å². The van der Waals surface area contributed by atoms with Crippen LogP contribution in [0.3, 0.4) is 0 Å². The average molecular weight is 491 g/mol. The van der Waals surface area contributed by atoms with Crippen LogP contribution >= 0.6 is 11.6 Å². The van der Waals surface area contributed by atoms with E-state index >= 15 is 0 Å². The summed E-state index contributed by atoms with van der Waals surface area (Å²) in [6.07, 6.45) is 0. The number of halogens is 1. The molecule has 0 spiro atoms. The average Bonchev–Trinajstić information content (AvgIpc) is 2.88. The largest absolute Gasteiger partial charge is 0.379 e. The second kappa shape index (κ2) is 11.8. The first-order chi connectivity index (χ1) is 17.0. The summed E-state index contributed by atoms with van der Waals surface area (Å²) in [6.45, 7) is 5.99. The molecule has 35 heavy (non-hydrogen) atoms. The van der Waals surface area contributed by atoms with Gasteiger partial charge in [0.1, 0.15) is 0 Å². The third-order valence-corrected chi connectivity index (χ3v) is 5.91. The molecule has 1 aliphatic heterocycles. The van der Waals surface area contributed by atoms with E-state index in [-0.39, 0.29) is 11.8 Å². The second-order valence-electron chi connectivity index (χ2n) is 8.27. The molecule has 0 saturated carbocycles. The summed E-state index contributed by atoms with van der Waals surface area (Å²) >= 11 is 5.97. The molecule has 0 bridgehead atoms. The second-order valence-corrected chi connectivity index (χ2v) is 8.71. The van der Waals surface area contributed by atoms with Crippen molar-refractivity contribution in [3.8, 4) is 0 Å². The third kappa shape index (κ3) is 6.99. The minimum absolute atomic E-state index is 0.260. The Morgan fingerprint density at radius 1 is 0.914 bits per heavy atom. The number of anilines is 1. The highest BCUT2D eigenvalue weighted by Crippen LogP contribution is 2.16. The molecule has 0 aliphatic carbocycles. The molecule has 4 rings (SSSR count). The summed E-state index contributed by atoms with van der Waals surface area (Å²) in [5.74, 6) is -0.544. The molecule has 2 amide bonds. The zero-order valence-electron chi connectivity index (χ0n) is 19.5. The van der Waals surface area contributed by atoms with Crippen molar-refractivity contribution in [1.29, 1.82) is 0 Å². The molecule has 0 unspecified atom stereocenters. The van der Waals surface area contributed by atoms with Gasteiger partial charge in [-0.15, -0.1) is 0 Å². The van der Waals surface area contributed by atoms with Gasteiger partial charge in [-0.05, 0) is 60.5 Å². The number of hydrogen-bond donors (Lipinski definition) is 2. The first-order valence-electron chi connectivity index (χ1n) is 11.4. The van der Waals surface area contributed by atoms with Crippen LogP contribution in [0.1, 0.15) is 38.8 Å². The number of morpholine rings is 1. The van der Waals surface area contributed by atoms with Gasteiger partial charge in [0.25, 0.3) is 11.8 Å². The van der Waals surface area contributed by atoms with E-state index in [2.05, 4.69) is 20.7 Å². The van der Waals surface area contributed by atoms with Gasteiger partial charge >= 0.3 is 0 Å². The van der Waals surface area contributed by atoms with Crippen molar-refractivity contribution in [3.63, 3.8) is 0 Å². The Labute approximate surface area is 209 Å². The van der Waals surface area contributed by atoms with E-state index in [1.54, 1.807) is 43.3 Å². The molecular weight excluding hydrogens is 464 g/mol. The van der Waals surface area contributed by atoms with Crippen LogP contribution < -0.4 is 10.7 Å². The minimum Gasteiger partial charge on any atom is -0.379 e. The van der Waals surface area contributed by atoms with Crippen molar-refractivity contribution in [2.45, 2.75) is 13.5 Å². The summed E-state index contributed by atoms with van der Waals surface area (Å²) in [6, 6.07) is 21.6. The third-order valence-electron chi connectivity index (χ3n) is 5.68. The van der Waals surface area contributed by atoms with Crippen molar-refractivity contribution in [3.05, 3.63) is 100 Å². The summed E-state index contributed by atoms with van der Waals surface area (Å²) in [4.78, 5) is 27.4. The maximum absolute atomic E-state index is 12.6. The van der Waals surface area contributed by atoms with E-state index in [0.717, 1.165) is 44.0 Å². The predicted octanol–water partition coefficient (Wildman–Crippen LogP) is 4.58. The molecular formula is C27H27ClN4O3. The van der Waals surface area contributed by atoms with E-state index in [0.29, 0.717) is 27.5 Å². The fraction of sp³-hybridized carbons (Fsp3) is 0.222. The molecule has 1 heterocycles. The standard InChI is InChI=1S/C27H27ClN4O3/c1-19(22-4-3-7-25(17-22)29-26(33)23-5-2-6-24(28)16-23)30-31-27(34)21-10-8-20(9-11-21)18-32-12-14-35-15-13-32/h2-11,16-17H,12-15,18H2,1H3,(H,29,33)(H,31,34)/b30-19-. The quantitative estimate of drug-likeness (QED) is 0.375. The van der Waals surface area contributed by atoms with E-state index in [1.165, 1.54) is 0 Å². The lowest BCUT2D eigenvalue weighted by Gasteiger charge is -2.26. The molecule has 2 N–H and O–H groups in total. The molecule has 180 valence electrons. The topological polar surface area (TPSA) is 83.0 Å². The van der Waals surface area contributed by atoms with Gasteiger partial charge in [-0.3, -0.25) is 14.5 Å². The van der Waals surface area contributed by atoms with Crippen LogP contribution in [0, 0.1) is 0 Å². The summed E-state index contributed by atoms with van der Waals surface area (Å²) < 4.78 is 5.38. The van der Waals surface area contributed by atoms with Crippen molar-refractivity contribution in [2.24, 2.45) is 5.10 Å². The number of ether oxygens (including phenoxy) is 1. The van der Waals surface area contributed by atoms with Gasteiger partial charge in [0.15, 0.2) is 0 Å². The van der Waals surface area contributed by atoms with Crippen LogP contribution in [-0.2, 0) is 11.3 Å². The van der Waals surface area contributed by atoms with Crippen molar-refractivity contribution >= 4 is 34.8 Å². The lowest BCUT2D eigenvalue weighted by atomic mass is 10.1. The number of amides is 2. The van der Waals surface area contributed by atoms with E-state index in [1.807, 2.05) is 36.4 Å². The van der Waals surface area contributed by atoms with Crippen LogP contribution in [-0.4, -0.2) is 48.7 Å². The molecule has 7 nitrogen and oxygen atoms in total. The van der Waals surface area contributed by atoms with Crippen molar-refractivity contribution < 1.29 is 14.3 Å². The highest BCUT2D eigenvalue weighted by Gasteiger charge is 2.12. The summed E-state index contributed by atoms with van der Waals surface area (Å²) in [5.41, 5.74) is 6.77. The first kappa shape index (κ1) is 24.6. The zero-order chi connectivity index (χ0) is 24.6. The van der Waals surface area contributed by atoms with Gasteiger partial charge in [-0.25, -0.2) is 5.43 Å². The maximum atomic E-state index is 12.6. The highest BCUT2D eigenvalue weighted by atomic mass is 35.5. The van der Waals surface area contributed by atoms with Crippen molar-refractivity contribution in [1.82, 2.24) is 10.3 Å². The summed E-state index contributed by atoms with van der Waals surface area (Å²) in [7, 11) is 0. The van der Waals surface area contributed by atoms with Crippen LogP contribution in [0.15, 0.2) is 77.9 Å². The number of carbonyl (C=O) groups excluding carboxylic acids is 2. The zero-order valence-corrected chi connectivity index (χ0v) is 20.2. The number of rotatable bonds is 7. The molecule has 1 aliphatic rings. The molecule has 1 saturated heterocycles. The fourth-order valence-electron chi connectivity index (χ4n) is 3.70. The Balaban J connectivity index is 1.35. The molecule has 0 aromatic heterocycles. The lowest BCUT2D eigenvalue weighted by molar-refractivity contribution is 0.0342. The van der Waals surface area contributed by atoms with Crippen molar-refractivity contribution in [2.75, 3.05) is 31.6 Å². The van der Waals surface area contributed by atoms with Crippen LogP contribution in [0.2, 0.25) is 5.02 Å². The predicted molar refractivity (Wildman–Crippen MR) is 138 cm³/mol. The SMILES string of the molecule is C/C(=N/NC(=O)c1ccc(CN2CCOCC2)cc1)c1cccc(NC(=O)c2cccc(Cl)c2)c1. The highest BCUT2D eigenvalue weighted by molar-refractivity contribution is 6.31. The van der Waals surface area contributed by atoms with Gasteiger partial charge in [-0.1, -0.05) is 41.9 Å². The molecule has 0 atom stereocenters. The summed E-state index contributed by atoms with van der Waals surface area (Å²) in [5, 5.41) is 7.59. The normalized spacial score (nSPS) is 14.4. The maximum Gasteiger partial charge on any atom is 0.271 e. The monoisotopic (exact) mass is 490 g/mol. The van der Waals surface area contributed by atoms with Gasteiger partial charge in [-0.2, -0.15) is 5.10 Å². The molecule has 0 radical (unpaired) electrons. The van der Waals surface area contributed by atoms with E-state index < -0.39 is 0 Å². The molecule has 3 aromatic rings. The van der Waals surface area contributed by atoms with Gasteiger partial charge in [0.2, 0.25) is 0 Å². The number of benzene rings is 3. The number of hydrazone groups is 1. The Kier molecular flexibility index (Phi) is 8.26.